The number of hydrogen-bond donors (Lipinski definition) is 1. The Labute approximate surface area is 260 Å². The molecule has 16 heteroatoms. The molecule has 9 nitrogen and oxygen atoms in total. The minimum absolute atomic E-state index is 0.0284. The number of pyridine rings is 1. The summed E-state index contributed by atoms with van der Waals surface area (Å²) in [6.45, 7) is -0.451. The van der Waals surface area contributed by atoms with Crippen LogP contribution in [-0.4, -0.2) is 49.1 Å². The van der Waals surface area contributed by atoms with Gasteiger partial charge in [-0.3, -0.25) is 9.78 Å². The zero-order chi connectivity index (χ0) is 33.3. The van der Waals surface area contributed by atoms with Gasteiger partial charge in [0, 0.05) is 11.8 Å². The number of alkyl halides is 4. The van der Waals surface area contributed by atoms with E-state index in [1.165, 1.54) is 6.07 Å². The van der Waals surface area contributed by atoms with Gasteiger partial charge in [0.15, 0.2) is 9.84 Å². The highest BCUT2D eigenvalue weighted by molar-refractivity contribution is 7.92. The molecule has 1 aliphatic carbocycles. The van der Waals surface area contributed by atoms with Crippen LogP contribution in [-0.2, 0) is 42.9 Å². The smallest absolute Gasteiger partial charge is 0.350 e. The van der Waals surface area contributed by atoms with Crippen molar-refractivity contribution >= 4 is 25.6 Å². The van der Waals surface area contributed by atoms with Crippen LogP contribution in [0, 0.1) is 11.7 Å². The SMILES string of the molecule is O=C(NCc1cc(-c2ccc(C(F)(F)F)nc2)nc(S(=O)(=O)Cc2ccccc2)n1)[C@@H]1C[C@@H](F)CC1S(=O)(=O)c1ccc(F)cc1. The monoisotopic (exact) mass is 680 g/mol. The van der Waals surface area contributed by atoms with Gasteiger partial charge in [-0.2, -0.15) is 13.2 Å². The van der Waals surface area contributed by atoms with Crippen molar-refractivity contribution in [3.8, 4) is 11.3 Å². The van der Waals surface area contributed by atoms with E-state index in [0.717, 1.165) is 36.5 Å². The van der Waals surface area contributed by atoms with E-state index in [1.807, 2.05) is 0 Å². The Kier molecular flexibility index (Phi) is 9.22. The van der Waals surface area contributed by atoms with Crippen LogP contribution >= 0.6 is 0 Å². The number of halogens is 5. The van der Waals surface area contributed by atoms with Crippen LogP contribution in [0.5, 0.6) is 0 Å². The lowest BCUT2D eigenvalue weighted by molar-refractivity contribution is -0.141. The van der Waals surface area contributed by atoms with Crippen LogP contribution in [0.25, 0.3) is 11.3 Å². The fourth-order valence-corrected chi connectivity index (χ4v) is 8.34. The van der Waals surface area contributed by atoms with Crippen molar-refractivity contribution in [3.05, 3.63) is 102 Å². The molecule has 4 aromatic rings. The topological polar surface area (TPSA) is 136 Å². The van der Waals surface area contributed by atoms with Gasteiger partial charge in [-0.15, -0.1) is 0 Å². The molecular weight excluding hydrogens is 655 g/mol. The van der Waals surface area contributed by atoms with E-state index >= 15 is 0 Å². The average molecular weight is 681 g/mol. The lowest BCUT2D eigenvalue weighted by atomic mass is 10.1. The van der Waals surface area contributed by atoms with Gasteiger partial charge in [0.05, 0.1) is 39.7 Å². The van der Waals surface area contributed by atoms with Crippen molar-refractivity contribution in [2.75, 3.05) is 0 Å². The molecule has 0 radical (unpaired) electrons. The van der Waals surface area contributed by atoms with Crippen LogP contribution in [0.4, 0.5) is 22.0 Å². The number of amides is 1. The molecule has 242 valence electrons. The Morgan fingerprint density at radius 3 is 2.24 bits per heavy atom. The molecule has 5 rings (SSSR count). The number of carbonyl (C=O) groups excluding carboxylic acids is 1. The zero-order valence-electron chi connectivity index (χ0n) is 23.7. The number of nitrogens with zero attached hydrogens (tertiary/aromatic N) is 3. The van der Waals surface area contributed by atoms with Crippen molar-refractivity contribution in [2.45, 2.75) is 52.8 Å². The molecular formula is C30H25F5N4O5S2. The minimum atomic E-state index is -4.72. The van der Waals surface area contributed by atoms with E-state index in [-0.39, 0.29) is 21.8 Å². The van der Waals surface area contributed by atoms with E-state index in [0.29, 0.717) is 11.6 Å². The van der Waals surface area contributed by atoms with Crippen molar-refractivity contribution in [2.24, 2.45) is 5.92 Å². The molecule has 2 aromatic heterocycles. The van der Waals surface area contributed by atoms with Crippen LogP contribution in [0.15, 0.2) is 89.0 Å². The summed E-state index contributed by atoms with van der Waals surface area (Å²) in [4.78, 5) is 24.5. The van der Waals surface area contributed by atoms with E-state index in [1.54, 1.807) is 30.3 Å². The Morgan fingerprint density at radius 1 is 0.913 bits per heavy atom. The van der Waals surface area contributed by atoms with Gasteiger partial charge in [0.1, 0.15) is 17.7 Å². The molecule has 1 fully saturated rings. The molecule has 46 heavy (non-hydrogen) atoms. The fraction of sp³-hybridized carbons (Fsp3) is 0.267. The largest absolute Gasteiger partial charge is 0.433 e. The van der Waals surface area contributed by atoms with Crippen LogP contribution in [0.3, 0.4) is 0 Å². The number of hydrogen-bond acceptors (Lipinski definition) is 8. The first-order valence-electron chi connectivity index (χ1n) is 13.7. The number of rotatable bonds is 9. The van der Waals surface area contributed by atoms with Gasteiger partial charge < -0.3 is 5.32 Å². The van der Waals surface area contributed by atoms with Gasteiger partial charge in [0.2, 0.25) is 20.9 Å². The molecule has 1 N–H and O–H groups in total. The maximum absolute atomic E-state index is 14.5. The lowest BCUT2D eigenvalue weighted by Crippen LogP contribution is -2.38. The molecule has 1 aliphatic rings. The third-order valence-electron chi connectivity index (χ3n) is 7.35. The van der Waals surface area contributed by atoms with Crippen LogP contribution < -0.4 is 5.32 Å². The first kappa shape index (κ1) is 33.1. The van der Waals surface area contributed by atoms with Crippen LogP contribution in [0.2, 0.25) is 0 Å². The van der Waals surface area contributed by atoms with Crippen molar-refractivity contribution in [1.82, 2.24) is 20.3 Å². The summed E-state index contributed by atoms with van der Waals surface area (Å²) in [5.74, 6) is -3.35. The molecule has 1 unspecified atom stereocenters. The molecule has 1 amide bonds. The molecule has 2 heterocycles. The first-order valence-corrected chi connectivity index (χ1v) is 16.9. The lowest BCUT2D eigenvalue weighted by Gasteiger charge is -2.19. The summed E-state index contributed by atoms with van der Waals surface area (Å²) in [6.07, 6.45) is -6.32. The normalized spacial score (nSPS) is 18.8. The highest BCUT2D eigenvalue weighted by atomic mass is 32.2. The number of carbonyl (C=O) groups is 1. The van der Waals surface area contributed by atoms with Gasteiger partial charge in [-0.05, 0) is 60.9 Å². The summed E-state index contributed by atoms with van der Waals surface area (Å²) in [5.41, 5.74) is -0.910. The molecule has 0 bridgehead atoms. The summed E-state index contributed by atoms with van der Waals surface area (Å²) in [5, 5.41) is 0.363. The van der Waals surface area contributed by atoms with Crippen LogP contribution in [0.1, 0.15) is 29.8 Å². The van der Waals surface area contributed by atoms with Gasteiger partial charge in [-0.25, -0.2) is 35.6 Å². The first-order chi connectivity index (χ1) is 21.6. The summed E-state index contributed by atoms with van der Waals surface area (Å²) in [7, 11) is -8.45. The minimum Gasteiger partial charge on any atom is -0.350 e. The molecule has 0 saturated heterocycles. The van der Waals surface area contributed by atoms with E-state index < -0.39 is 90.9 Å². The summed E-state index contributed by atoms with van der Waals surface area (Å²) in [6, 6.07) is 15.0. The summed E-state index contributed by atoms with van der Waals surface area (Å²) < 4.78 is 120. The van der Waals surface area contributed by atoms with Crippen molar-refractivity contribution < 1.29 is 43.6 Å². The van der Waals surface area contributed by atoms with Gasteiger partial charge >= 0.3 is 6.18 Å². The maximum atomic E-state index is 14.5. The third kappa shape index (κ3) is 7.39. The highest BCUT2D eigenvalue weighted by Crippen LogP contribution is 2.37. The molecule has 0 spiro atoms. The zero-order valence-corrected chi connectivity index (χ0v) is 25.3. The average Bonchev–Trinajstić information content (AvgIpc) is 3.42. The Hall–Kier alpha value is -4.31. The predicted octanol–water partition coefficient (Wildman–Crippen LogP) is 4.88. The van der Waals surface area contributed by atoms with E-state index in [2.05, 4.69) is 20.3 Å². The fourth-order valence-electron chi connectivity index (χ4n) is 5.09. The van der Waals surface area contributed by atoms with Crippen molar-refractivity contribution in [1.29, 1.82) is 0 Å². The van der Waals surface area contributed by atoms with Gasteiger partial charge in [-0.1, -0.05) is 30.3 Å². The maximum Gasteiger partial charge on any atom is 0.433 e. The molecule has 1 saturated carbocycles. The number of benzene rings is 2. The highest BCUT2D eigenvalue weighted by Gasteiger charge is 2.46. The predicted molar refractivity (Wildman–Crippen MR) is 154 cm³/mol. The van der Waals surface area contributed by atoms with E-state index in [9.17, 15) is 43.6 Å². The van der Waals surface area contributed by atoms with Gasteiger partial charge in [0.25, 0.3) is 0 Å². The molecule has 2 aromatic carbocycles. The molecule has 3 atom stereocenters. The second-order valence-corrected chi connectivity index (χ2v) is 14.7. The van der Waals surface area contributed by atoms with Crippen molar-refractivity contribution in [3.63, 3.8) is 0 Å². The quantitative estimate of drug-likeness (QED) is 0.150. The second-order valence-electron chi connectivity index (χ2n) is 10.6. The summed E-state index contributed by atoms with van der Waals surface area (Å²) >= 11 is 0. The Bertz CT molecular complexity index is 1940. The number of nitrogens with one attached hydrogen (secondary N) is 1. The standard InChI is InChI=1S/C30H25F5N4O5S2/c31-20-7-9-23(10-8-20)46(43,44)26-13-21(32)12-24(26)28(40)37-16-22-14-25(19-6-11-27(36-15-19)30(33,34)35)39-29(38-22)45(41,42)17-18-4-2-1-3-5-18/h1-11,14-15,21,24,26H,12-13,16-17H2,(H,37,40)/t21-,24-,26?/m1/s1. The number of sulfone groups is 2. The van der Waals surface area contributed by atoms with E-state index in [4.69, 9.17) is 0 Å². The molecule has 0 aliphatic heterocycles. The third-order valence-corrected chi connectivity index (χ3v) is 11.1. The Morgan fingerprint density at radius 2 is 1.61 bits per heavy atom. The number of aromatic nitrogens is 3. The second kappa shape index (κ2) is 12.8. The Balaban J connectivity index is 1.44.